The van der Waals surface area contributed by atoms with Crippen LogP contribution in [0.15, 0.2) is 36.4 Å². The van der Waals surface area contributed by atoms with E-state index in [9.17, 15) is 29.6 Å². The van der Waals surface area contributed by atoms with Gasteiger partial charge in [-0.15, -0.1) is 0 Å². The van der Waals surface area contributed by atoms with E-state index in [-0.39, 0.29) is 33.8 Å². The standard InChI is InChI=1S/C20H19N3O6/c1-11(2)7-8-22-19(26)14-5-3-12(9-15(14)20(22)27)18(25)21-16-10-13(23(28)29)4-6-17(16)24/h3-6,9-11,24H,7-8H2,1-2H3,(H,21,25). The highest BCUT2D eigenvalue weighted by Crippen LogP contribution is 2.29. The fourth-order valence-electron chi connectivity index (χ4n) is 2.95. The average molecular weight is 397 g/mol. The molecule has 0 bridgehead atoms. The predicted octanol–water partition coefficient (Wildman–Crippen LogP) is 3.19. The fourth-order valence-corrected chi connectivity index (χ4v) is 2.95. The van der Waals surface area contributed by atoms with Crippen molar-refractivity contribution in [3.8, 4) is 5.75 Å². The molecular formula is C20H19N3O6. The molecule has 1 aliphatic heterocycles. The molecule has 0 fully saturated rings. The van der Waals surface area contributed by atoms with Crippen molar-refractivity contribution in [2.45, 2.75) is 20.3 Å². The number of nitrogens with one attached hydrogen (secondary N) is 1. The van der Waals surface area contributed by atoms with Crippen LogP contribution in [0.1, 0.15) is 51.3 Å². The zero-order valence-electron chi connectivity index (χ0n) is 15.8. The Balaban J connectivity index is 1.84. The third-order valence-electron chi connectivity index (χ3n) is 4.60. The van der Waals surface area contributed by atoms with E-state index in [0.29, 0.717) is 18.9 Å². The first-order valence-corrected chi connectivity index (χ1v) is 8.98. The fraction of sp³-hybridized carbons (Fsp3) is 0.250. The van der Waals surface area contributed by atoms with Crippen molar-refractivity contribution >= 4 is 29.1 Å². The summed E-state index contributed by atoms with van der Waals surface area (Å²) >= 11 is 0. The number of fused-ring (bicyclic) bond motifs is 1. The number of imide groups is 1. The molecule has 0 aromatic heterocycles. The lowest BCUT2D eigenvalue weighted by atomic mass is 10.1. The van der Waals surface area contributed by atoms with Gasteiger partial charge in [-0.1, -0.05) is 13.8 Å². The molecule has 9 heteroatoms. The van der Waals surface area contributed by atoms with Crippen molar-refractivity contribution in [2.75, 3.05) is 11.9 Å². The Morgan fingerprint density at radius 2 is 1.83 bits per heavy atom. The summed E-state index contributed by atoms with van der Waals surface area (Å²) in [6, 6.07) is 7.35. The molecule has 3 rings (SSSR count). The molecule has 0 unspecified atom stereocenters. The van der Waals surface area contributed by atoms with Crippen LogP contribution < -0.4 is 5.32 Å². The molecule has 1 heterocycles. The number of carbonyl (C=O) groups is 3. The summed E-state index contributed by atoms with van der Waals surface area (Å²) in [4.78, 5) is 49.0. The SMILES string of the molecule is CC(C)CCN1C(=O)c2ccc(C(=O)Nc3cc([N+](=O)[O-])ccc3O)cc2C1=O. The number of non-ortho nitro benzene ring substituents is 1. The lowest BCUT2D eigenvalue weighted by molar-refractivity contribution is -0.384. The summed E-state index contributed by atoms with van der Waals surface area (Å²) in [6.07, 6.45) is 0.672. The number of nitro benzene ring substituents is 1. The molecule has 0 saturated heterocycles. The number of aromatic hydroxyl groups is 1. The maximum Gasteiger partial charge on any atom is 0.271 e. The molecule has 0 aliphatic carbocycles. The van der Waals surface area contributed by atoms with Crippen LogP contribution in [-0.4, -0.2) is 39.2 Å². The number of hydrogen-bond acceptors (Lipinski definition) is 6. The molecular weight excluding hydrogens is 378 g/mol. The second kappa shape index (κ2) is 7.70. The number of phenols is 1. The molecule has 1 aliphatic rings. The van der Waals surface area contributed by atoms with Gasteiger partial charge in [0.1, 0.15) is 5.75 Å². The first-order chi connectivity index (χ1) is 13.7. The van der Waals surface area contributed by atoms with Gasteiger partial charge in [-0.05, 0) is 36.6 Å². The molecule has 0 atom stereocenters. The number of nitrogens with zero attached hydrogens (tertiary/aromatic N) is 2. The van der Waals surface area contributed by atoms with E-state index in [0.717, 1.165) is 18.2 Å². The highest BCUT2D eigenvalue weighted by atomic mass is 16.6. The summed E-state index contributed by atoms with van der Waals surface area (Å²) < 4.78 is 0. The van der Waals surface area contributed by atoms with E-state index in [1.807, 2.05) is 13.8 Å². The van der Waals surface area contributed by atoms with Crippen LogP contribution in [0.2, 0.25) is 0 Å². The van der Waals surface area contributed by atoms with Gasteiger partial charge in [0.05, 0.1) is 21.7 Å². The number of anilines is 1. The largest absolute Gasteiger partial charge is 0.506 e. The Kier molecular flexibility index (Phi) is 5.31. The second-order valence-electron chi connectivity index (χ2n) is 7.12. The monoisotopic (exact) mass is 397 g/mol. The van der Waals surface area contributed by atoms with Crippen LogP contribution in [0.3, 0.4) is 0 Å². The Labute approximate surface area is 166 Å². The highest BCUT2D eigenvalue weighted by molar-refractivity contribution is 6.22. The van der Waals surface area contributed by atoms with Crippen LogP contribution in [0.25, 0.3) is 0 Å². The van der Waals surface area contributed by atoms with Gasteiger partial charge in [0, 0.05) is 24.2 Å². The van der Waals surface area contributed by atoms with Gasteiger partial charge in [-0.2, -0.15) is 0 Å². The van der Waals surface area contributed by atoms with E-state index in [4.69, 9.17) is 0 Å². The first-order valence-electron chi connectivity index (χ1n) is 8.98. The second-order valence-corrected chi connectivity index (χ2v) is 7.12. The minimum atomic E-state index is -0.676. The molecule has 150 valence electrons. The highest BCUT2D eigenvalue weighted by Gasteiger charge is 2.35. The van der Waals surface area contributed by atoms with E-state index >= 15 is 0 Å². The lowest BCUT2D eigenvalue weighted by Crippen LogP contribution is -2.31. The minimum absolute atomic E-state index is 0.0847. The van der Waals surface area contributed by atoms with Crippen LogP contribution in [-0.2, 0) is 0 Å². The van der Waals surface area contributed by atoms with Crippen molar-refractivity contribution in [1.82, 2.24) is 4.90 Å². The Hall–Kier alpha value is -3.75. The van der Waals surface area contributed by atoms with Crippen molar-refractivity contribution in [3.05, 3.63) is 63.2 Å². The molecule has 3 amide bonds. The van der Waals surface area contributed by atoms with Crippen LogP contribution in [0.5, 0.6) is 5.75 Å². The number of amides is 3. The smallest absolute Gasteiger partial charge is 0.271 e. The normalized spacial score (nSPS) is 13.0. The van der Waals surface area contributed by atoms with Gasteiger partial charge in [0.15, 0.2) is 0 Å². The number of nitro groups is 1. The number of phenolic OH excluding ortho intramolecular Hbond substituents is 1. The zero-order chi connectivity index (χ0) is 21.3. The van der Waals surface area contributed by atoms with Crippen LogP contribution in [0, 0.1) is 16.0 Å². The molecule has 2 aromatic carbocycles. The van der Waals surface area contributed by atoms with Gasteiger partial charge in [0.2, 0.25) is 0 Å². The maximum absolute atomic E-state index is 12.6. The molecule has 9 nitrogen and oxygen atoms in total. The molecule has 2 aromatic rings. The Bertz CT molecular complexity index is 1030. The van der Waals surface area contributed by atoms with Crippen molar-refractivity contribution < 1.29 is 24.4 Å². The van der Waals surface area contributed by atoms with Crippen molar-refractivity contribution in [3.63, 3.8) is 0 Å². The maximum atomic E-state index is 12.6. The van der Waals surface area contributed by atoms with E-state index < -0.39 is 22.6 Å². The topological polar surface area (TPSA) is 130 Å². The first kappa shape index (κ1) is 20.0. The lowest BCUT2D eigenvalue weighted by Gasteiger charge is -2.14. The third-order valence-corrected chi connectivity index (χ3v) is 4.60. The quantitative estimate of drug-likeness (QED) is 0.333. The van der Waals surface area contributed by atoms with Crippen molar-refractivity contribution in [1.29, 1.82) is 0 Å². The Morgan fingerprint density at radius 1 is 1.14 bits per heavy atom. The summed E-state index contributed by atoms with van der Waals surface area (Å²) in [6.45, 7) is 4.28. The molecule has 29 heavy (non-hydrogen) atoms. The third kappa shape index (κ3) is 3.93. The molecule has 0 spiro atoms. The minimum Gasteiger partial charge on any atom is -0.506 e. The van der Waals surface area contributed by atoms with E-state index in [1.165, 1.54) is 23.1 Å². The van der Waals surface area contributed by atoms with Crippen LogP contribution >= 0.6 is 0 Å². The van der Waals surface area contributed by atoms with Crippen molar-refractivity contribution in [2.24, 2.45) is 5.92 Å². The molecule has 2 N–H and O–H groups in total. The number of carbonyl (C=O) groups excluding carboxylic acids is 3. The average Bonchev–Trinajstić information content (AvgIpc) is 2.91. The summed E-state index contributed by atoms with van der Waals surface area (Å²) in [5, 5.41) is 23.1. The van der Waals surface area contributed by atoms with Gasteiger partial charge in [0.25, 0.3) is 23.4 Å². The van der Waals surface area contributed by atoms with Gasteiger partial charge >= 0.3 is 0 Å². The molecule has 0 saturated carbocycles. The summed E-state index contributed by atoms with van der Waals surface area (Å²) in [5.41, 5.74) is 0.0176. The van der Waals surface area contributed by atoms with E-state index in [2.05, 4.69) is 5.32 Å². The summed E-state index contributed by atoms with van der Waals surface area (Å²) in [7, 11) is 0. The van der Waals surface area contributed by atoms with Gasteiger partial charge in [-0.25, -0.2) is 0 Å². The Morgan fingerprint density at radius 3 is 2.48 bits per heavy atom. The summed E-state index contributed by atoms with van der Waals surface area (Å²) in [5.74, 6) is -1.55. The van der Waals surface area contributed by atoms with Crippen LogP contribution in [0.4, 0.5) is 11.4 Å². The zero-order valence-corrected chi connectivity index (χ0v) is 15.8. The molecule has 0 radical (unpaired) electrons. The number of benzene rings is 2. The predicted molar refractivity (Wildman–Crippen MR) is 104 cm³/mol. The van der Waals surface area contributed by atoms with Gasteiger partial charge in [-0.3, -0.25) is 29.4 Å². The van der Waals surface area contributed by atoms with E-state index in [1.54, 1.807) is 0 Å². The number of hydrogen-bond donors (Lipinski definition) is 2. The number of rotatable bonds is 6. The van der Waals surface area contributed by atoms with Gasteiger partial charge < -0.3 is 10.4 Å².